The molecule has 1 aromatic carbocycles. The first kappa shape index (κ1) is 16.7. The molecule has 9 heteroatoms. The Balaban J connectivity index is 2.60. The molecule has 0 radical (unpaired) electrons. The van der Waals surface area contributed by atoms with Crippen LogP contribution in [0.3, 0.4) is 0 Å². The number of rotatable bonds is 5. The Kier molecular flexibility index (Phi) is 4.80. The highest BCUT2D eigenvalue weighted by Crippen LogP contribution is 2.24. The van der Waals surface area contributed by atoms with Crippen molar-refractivity contribution in [1.82, 2.24) is 4.57 Å². The number of carbonyl (C=O) groups is 1. The first-order valence-corrected chi connectivity index (χ1v) is 7.14. The Hall–Kier alpha value is -2.68. The summed E-state index contributed by atoms with van der Waals surface area (Å²) in [6, 6.07) is 6.04. The zero-order chi connectivity index (χ0) is 17.1. The number of amides is 1. The molecule has 0 bridgehead atoms. The fraction of sp³-hybridized carbons (Fsp3) is 0.143. The molecule has 23 heavy (non-hydrogen) atoms. The van der Waals surface area contributed by atoms with Crippen molar-refractivity contribution in [2.24, 2.45) is 5.73 Å². The maximum Gasteiger partial charge on any atom is 0.286 e. The van der Waals surface area contributed by atoms with Gasteiger partial charge in [-0.15, -0.1) is 0 Å². The Morgan fingerprint density at radius 1 is 1.43 bits per heavy atom. The molecule has 0 unspecified atom stereocenters. The van der Waals surface area contributed by atoms with Gasteiger partial charge in [0.05, 0.1) is 24.8 Å². The number of nitro groups is 1. The van der Waals surface area contributed by atoms with E-state index in [0.29, 0.717) is 11.3 Å². The maximum atomic E-state index is 12.3. The van der Waals surface area contributed by atoms with Crippen LogP contribution in [0, 0.1) is 10.1 Å². The van der Waals surface area contributed by atoms with E-state index in [1.165, 1.54) is 7.11 Å². The summed E-state index contributed by atoms with van der Waals surface area (Å²) in [5.74, 6) is -0.513. The van der Waals surface area contributed by atoms with E-state index >= 15 is 0 Å². The number of hydrogen-bond acceptors (Lipinski definition) is 5. The predicted molar refractivity (Wildman–Crippen MR) is 85.7 cm³/mol. The molecule has 0 spiro atoms. The molecule has 0 saturated carbocycles. The number of primary amides is 1. The van der Waals surface area contributed by atoms with Gasteiger partial charge in [-0.05, 0) is 18.2 Å². The standard InChI is InChI=1S/C14H12BrN3O5/c1-23-12-3-2-9(15)4-8(12)6-17-7-10(18(21)22)5-11(13(16)19)14(17)20/h2-5,7H,6H2,1H3,(H2,16,19). The van der Waals surface area contributed by atoms with Crippen molar-refractivity contribution in [3.8, 4) is 5.75 Å². The second kappa shape index (κ2) is 6.61. The lowest BCUT2D eigenvalue weighted by Gasteiger charge is -2.11. The molecule has 0 saturated heterocycles. The van der Waals surface area contributed by atoms with Gasteiger partial charge < -0.3 is 15.0 Å². The van der Waals surface area contributed by atoms with E-state index in [-0.39, 0.29) is 6.54 Å². The number of aromatic nitrogens is 1. The minimum Gasteiger partial charge on any atom is -0.496 e. The summed E-state index contributed by atoms with van der Waals surface area (Å²) in [6.07, 6.45) is 1.06. The number of carbonyl (C=O) groups excluding carboxylic acids is 1. The van der Waals surface area contributed by atoms with Crippen LogP contribution >= 0.6 is 15.9 Å². The molecule has 2 N–H and O–H groups in total. The van der Waals surface area contributed by atoms with Gasteiger partial charge in [0, 0.05) is 16.1 Å². The lowest BCUT2D eigenvalue weighted by molar-refractivity contribution is -0.385. The average molecular weight is 382 g/mol. The van der Waals surface area contributed by atoms with E-state index in [1.807, 2.05) is 0 Å². The first-order valence-electron chi connectivity index (χ1n) is 6.34. The molecule has 2 aromatic rings. The number of hydrogen-bond donors (Lipinski definition) is 1. The van der Waals surface area contributed by atoms with Crippen LogP contribution in [0.2, 0.25) is 0 Å². The summed E-state index contributed by atoms with van der Waals surface area (Å²) in [5.41, 5.74) is 4.19. The second-order valence-corrected chi connectivity index (χ2v) is 5.54. The monoisotopic (exact) mass is 381 g/mol. The van der Waals surface area contributed by atoms with Crippen LogP contribution in [-0.2, 0) is 6.54 Å². The van der Waals surface area contributed by atoms with Crippen LogP contribution in [0.25, 0.3) is 0 Å². The molecule has 1 aromatic heterocycles. The third-order valence-electron chi connectivity index (χ3n) is 3.13. The molecule has 1 amide bonds. The normalized spacial score (nSPS) is 10.3. The topological polar surface area (TPSA) is 117 Å². The van der Waals surface area contributed by atoms with Crippen LogP contribution in [0.15, 0.2) is 39.7 Å². The maximum absolute atomic E-state index is 12.3. The number of nitrogens with two attached hydrogens (primary N) is 1. The fourth-order valence-electron chi connectivity index (χ4n) is 2.07. The molecule has 0 fully saturated rings. The Labute approximate surface area is 138 Å². The van der Waals surface area contributed by atoms with Gasteiger partial charge in [0.1, 0.15) is 11.3 Å². The lowest BCUT2D eigenvalue weighted by Crippen LogP contribution is -2.30. The van der Waals surface area contributed by atoms with Crippen LogP contribution < -0.4 is 16.0 Å². The van der Waals surface area contributed by atoms with Gasteiger partial charge in [0.15, 0.2) is 0 Å². The van der Waals surface area contributed by atoms with Gasteiger partial charge in [-0.2, -0.15) is 0 Å². The molecule has 0 aliphatic carbocycles. The average Bonchev–Trinajstić information content (AvgIpc) is 2.49. The summed E-state index contributed by atoms with van der Waals surface area (Å²) in [4.78, 5) is 33.9. The van der Waals surface area contributed by atoms with E-state index in [9.17, 15) is 19.7 Å². The minimum absolute atomic E-state index is 0.0105. The van der Waals surface area contributed by atoms with Crippen molar-refractivity contribution in [3.05, 3.63) is 66.5 Å². The third-order valence-corrected chi connectivity index (χ3v) is 3.62. The van der Waals surface area contributed by atoms with E-state index in [0.717, 1.165) is 21.3 Å². The number of benzene rings is 1. The summed E-state index contributed by atoms with van der Waals surface area (Å²) in [6.45, 7) is -0.0105. The van der Waals surface area contributed by atoms with Crippen molar-refractivity contribution in [2.75, 3.05) is 7.11 Å². The highest BCUT2D eigenvalue weighted by atomic mass is 79.9. The molecular formula is C14H12BrN3O5. The Bertz CT molecular complexity index is 847. The van der Waals surface area contributed by atoms with Crippen molar-refractivity contribution >= 4 is 27.5 Å². The van der Waals surface area contributed by atoms with Crippen molar-refractivity contribution in [1.29, 1.82) is 0 Å². The zero-order valence-corrected chi connectivity index (χ0v) is 13.6. The number of pyridine rings is 1. The van der Waals surface area contributed by atoms with Crippen molar-refractivity contribution in [3.63, 3.8) is 0 Å². The van der Waals surface area contributed by atoms with Crippen LogP contribution in [0.1, 0.15) is 15.9 Å². The quantitative estimate of drug-likeness (QED) is 0.624. The molecular weight excluding hydrogens is 370 g/mol. The van der Waals surface area contributed by atoms with E-state index < -0.39 is 27.6 Å². The Morgan fingerprint density at radius 2 is 2.13 bits per heavy atom. The SMILES string of the molecule is COc1ccc(Br)cc1Cn1cc([N+](=O)[O-])cc(C(N)=O)c1=O. The molecule has 120 valence electrons. The summed E-state index contributed by atoms with van der Waals surface area (Å²) < 4.78 is 7.02. The van der Waals surface area contributed by atoms with Gasteiger partial charge in [-0.25, -0.2) is 0 Å². The van der Waals surface area contributed by atoms with Crippen molar-refractivity contribution in [2.45, 2.75) is 6.54 Å². The van der Waals surface area contributed by atoms with E-state index in [1.54, 1.807) is 18.2 Å². The highest BCUT2D eigenvalue weighted by molar-refractivity contribution is 9.10. The summed E-state index contributed by atoms with van der Waals surface area (Å²) in [7, 11) is 1.47. The Morgan fingerprint density at radius 3 is 2.70 bits per heavy atom. The molecule has 2 rings (SSSR count). The third kappa shape index (κ3) is 3.57. The van der Waals surface area contributed by atoms with Gasteiger partial charge in [0.2, 0.25) is 0 Å². The number of nitrogens with zero attached hydrogens (tertiary/aromatic N) is 2. The van der Waals surface area contributed by atoms with Gasteiger partial charge >= 0.3 is 0 Å². The smallest absolute Gasteiger partial charge is 0.286 e. The fourth-order valence-corrected chi connectivity index (χ4v) is 2.48. The van der Waals surface area contributed by atoms with Gasteiger partial charge in [-0.1, -0.05) is 15.9 Å². The van der Waals surface area contributed by atoms with Crippen LogP contribution in [-0.4, -0.2) is 22.5 Å². The molecule has 0 aliphatic heterocycles. The molecule has 8 nitrogen and oxygen atoms in total. The summed E-state index contributed by atoms with van der Waals surface area (Å²) >= 11 is 3.31. The second-order valence-electron chi connectivity index (χ2n) is 4.62. The van der Waals surface area contributed by atoms with Gasteiger partial charge in [0.25, 0.3) is 17.2 Å². The zero-order valence-electron chi connectivity index (χ0n) is 12.0. The van der Waals surface area contributed by atoms with E-state index in [2.05, 4.69) is 15.9 Å². The van der Waals surface area contributed by atoms with Crippen LogP contribution in [0.4, 0.5) is 5.69 Å². The predicted octanol–water partition coefficient (Wildman–Crippen LogP) is 1.67. The summed E-state index contributed by atoms with van der Waals surface area (Å²) in [5, 5.41) is 11.0. The molecule has 0 aliphatic rings. The highest BCUT2D eigenvalue weighted by Gasteiger charge is 2.18. The first-order chi connectivity index (χ1) is 10.8. The number of halogens is 1. The van der Waals surface area contributed by atoms with Gasteiger partial charge in [-0.3, -0.25) is 19.7 Å². The molecule has 0 atom stereocenters. The number of methoxy groups -OCH3 is 1. The molecule has 1 heterocycles. The largest absolute Gasteiger partial charge is 0.496 e. The van der Waals surface area contributed by atoms with Crippen molar-refractivity contribution < 1.29 is 14.5 Å². The van der Waals surface area contributed by atoms with E-state index in [4.69, 9.17) is 10.5 Å². The lowest BCUT2D eigenvalue weighted by atomic mass is 10.2. The number of ether oxygens (including phenoxy) is 1. The minimum atomic E-state index is -1.02. The van der Waals surface area contributed by atoms with Crippen LogP contribution in [0.5, 0.6) is 5.75 Å².